The standard InChI is InChI=1S/C29H36N2O7/c1-15-25(35)23(17(3)32)27-24(26(15)36)29(4)20(38-27)14-19(33)22(28(29)37)16(2)30-13-9-5-6-12-21(34)31-18-10-7-8-11-18/h14,18,30,35-36H,5-13H2,1-4H3,(H,31,34)/b22-16+. The van der Waals surface area contributed by atoms with E-state index in [2.05, 4.69) is 10.6 Å². The molecule has 0 radical (unpaired) electrons. The van der Waals surface area contributed by atoms with Crippen LogP contribution in [-0.4, -0.2) is 46.1 Å². The Balaban J connectivity index is 1.45. The summed E-state index contributed by atoms with van der Waals surface area (Å²) in [5.74, 6) is -2.34. The lowest BCUT2D eigenvalue weighted by atomic mass is 9.70. The van der Waals surface area contributed by atoms with Crippen LogP contribution in [0.25, 0.3) is 0 Å². The van der Waals surface area contributed by atoms with Crippen LogP contribution in [0.4, 0.5) is 0 Å². The van der Waals surface area contributed by atoms with Gasteiger partial charge in [0.05, 0.1) is 11.1 Å². The van der Waals surface area contributed by atoms with Crippen molar-refractivity contribution in [1.29, 1.82) is 0 Å². The Hall–Kier alpha value is -3.62. The molecule has 4 N–H and O–H groups in total. The minimum Gasteiger partial charge on any atom is -0.507 e. The first-order valence-corrected chi connectivity index (χ1v) is 13.3. The zero-order chi connectivity index (χ0) is 27.8. The Labute approximate surface area is 222 Å². The van der Waals surface area contributed by atoms with Crippen LogP contribution in [0, 0.1) is 6.92 Å². The van der Waals surface area contributed by atoms with Crippen LogP contribution < -0.4 is 15.4 Å². The second-order valence-corrected chi connectivity index (χ2v) is 10.7. The third kappa shape index (κ3) is 4.70. The Morgan fingerprint density at radius 1 is 1.08 bits per heavy atom. The molecule has 0 aromatic heterocycles. The van der Waals surface area contributed by atoms with Crippen molar-refractivity contribution in [1.82, 2.24) is 10.6 Å². The maximum Gasteiger partial charge on any atom is 0.220 e. The number of benzene rings is 1. The van der Waals surface area contributed by atoms with E-state index < -0.39 is 28.5 Å². The summed E-state index contributed by atoms with van der Waals surface area (Å²) < 4.78 is 5.78. The summed E-state index contributed by atoms with van der Waals surface area (Å²) in [5.41, 5.74) is -1.17. The topological polar surface area (TPSA) is 142 Å². The number of hydrogen-bond donors (Lipinski definition) is 4. The molecule has 1 saturated carbocycles. The molecule has 1 atom stereocenters. The van der Waals surface area contributed by atoms with Crippen molar-refractivity contribution in [2.75, 3.05) is 6.54 Å². The number of nitrogens with one attached hydrogen (secondary N) is 2. The van der Waals surface area contributed by atoms with E-state index in [1.807, 2.05) is 0 Å². The molecule has 1 aromatic rings. The fourth-order valence-electron chi connectivity index (χ4n) is 5.68. The number of Topliss-reactive ketones (excluding diaryl/α,β-unsaturated/α-hetero) is 2. The van der Waals surface area contributed by atoms with E-state index in [0.717, 1.165) is 32.1 Å². The number of fused-ring (bicyclic) bond motifs is 3. The van der Waals surface area contributed by atoms with Crippen LogP contribution in [0.15, 0.2) is 23.1 Å². The molecule has 1 heterocycles. The number of carbonyl (C=O) groups excluding carboxylic acids is 4. The Bertz CT molecular complexity index is 1270. The number of hydrogen-bond acceptors (Lipinski definition) is 8. The number of ether oxygens (including phenoxy) is 1. The molecule has 204 valence electrons. The predicted molar refractivity (Wildman–Crippen MR) is 140 cm³/mol. The number of phenols is 2. The highest BCUT2D eigenvalue weighted by Gasteiger charge is 2.56. The molecule has 0 saturated heterocycles. The first-order chi connectivity index (χ1) is 18.0. The maximum absolute atomic E-state index is 13.8. The lowest BCUT2D eigenvalue weighted by molar-refractivity contribution is -0.124. The van der Waals surface area contributed by atoms with Gasteiger partial charge in [0.15, 0.2) is 17.3 Å². The number of aromatic hydroxyl groups is 2. The number of carbonyl (C=O) groups is 4. The molecule has 1 amide bonds. The fourth-order valence-corrected chi connectivity index (χ4v) is 5.68. The number of rotatable bonds is 9. The van der Waals surface area contributed by atoms with Gasteiger partial charge in [0, 0.05) is 36.3 Å². The summed E-state index contributed by atoms with van der Waals surface area (Å²) in [7, 11) is 0. The lowest BCUT2D eigenvalue weighted by Crippen LogP contribution is -2.41. The maximum atomic E-state index is 13.8. The van der Waals surface area contributed by atoms with Crippen LogP contribution in [0.3, 0.4) is 0 Å². The summed E-state index contributed by atoms with van der Waals surface area (Å²) in [6.45, 7) is 6.42. The van der Waals surface area contributed by atoms with Gasteiger partial charge in [-0.25, -0.2) is 0 Å². The molecule has 3 aliphatic rings. The second-order valence-electron chi connectivity index (χ2n) is 10.7. The van der Waals surface area contributed by atoms with Gasteiger partial charge >= 0.3 is 0 Å². The smallest absolute Gasteiger partial charge is 0.220 e. The Morgan fingerprint density at radius 2 is 1.76 bits per heavy atom. The summed E-state index contributed by atoms with van der Waals surface area (Å²) in [6, 6.07) is 0.322. The summed E-state index contributed by atoms with van der Waals surface area (Å²) in [5, 5.41) is 27.6. The van der Waals surface area contributed by atoms with Crippen LogP contribution in [0.1, 0.15) is 93.6 Å². The molecule has 38 heavy (non-hydrogen) atoms. The molecule has 0 bridgehead atoms. The van der Waals surface area contributed by atoms with Crippen LogP contribution in [-0.2, 0) is 19.8 Å². The van der Waals surface area contributed by atoms with Gasteiger partial charge in [-0.1, -0.05) is 19.3 Å². The molecule has 1 aromatic carbocycles. The predicted octanol–water partition coefficient (Wildman–Crippen LogP) is 3.78. The zero-order valence-corrected chi connectivity index (χ0v) is 22.5. The van der Waals surface area contributed by atoms with Gasteiger partial charge in [0.25, 0.3) is 0 Å². The van der Waals surface area contributed by atoms with Crippen molar-refractivity contribution in [2.45, 2.75) is 90.5 Å². The van der Waals surface area contributed by atoms with Crippen molar-refractivity contribution in [2.24, 2.45) is 0 Å². The zero-order valence-electron chi connectivity index (χ0n) is 22.5. The first-order valence-electron chi connectivity index (χ1n) is 13.3. The fraction of sp³-hybridized carbons (Fsp3) is 0.517. The van der Waals surface area contributed by atoms with Gasteiger partial charge in [0.2, 0.25) is 5.91 Å². The molecule has 1 aliphatic heterocycles. The average Bonchev–Trinajstić information content (AvgIpc) is 3.46. The largest absolute Gasteiger partial charge is 0.507 e. The third-order valence-electron chi connectivity index (χ3n) is 7.95. The molecule has 9 nitrogen and oxygen atoms in total. The van der Waals surface area contributed by atoms with E-state index in [1.165, 1.54) is 32.8 Å². The minimum atomic E-state index is -1.53. The van der Waals surface area contributed by atoms with Crippen molar-refractivity contribution < 1.29 is 34.1 Å². The van der Waals surface area contributed by atoms with Gasteiger partial charge < -0.3 is 25.6 Å². The molecule has 1 fully saturated rings. The highest BCUT2D eigenvalue weighted by atomic mass is 16.5. The van der Waals surface area contributed by atoms with Crippen molar-refractivity contribution in [3.8, 4) is 17.2 Å². The Kier molecular flexibility index (Phi) is 7.67. The minimum absolute atomic E-state index is 0.0118. The first kappa shape index (κ1) is 27.4. The van der Waals surface area contributed by atoms with Crippen molar-refractivity contribution >= 4 is 23.3 Å². The quantitative estimate of drug-likeness (QED) is 0.165. The van der Waals surface area contributed by atoms with Crippen molar-refractivity contribution in [3.05, 3.63) is 39.8 Å². The molecule has 2 aliphatic carbocycles. The normalized spacial score (nSPS) is 21.9. The van der Waals surface area contributed by atoms with Crippen LogP contribution >= 0.6 is 0 Å². The van der Waals surface area contributed by atoms with Gasteiger partial charge in [0.1, 0.15) is 34.0 Å². The van der Waals surface area contributed by atoms with Gasteiger partial charge in [-0.15, -0.1) is 0 Å². The number of unbranched alkanes of at least 4 members (excludes halogenated alkanes) is 2. The highest BCUT2D eigenvalue weighted by Crippen LogP contribution is 2.57. The third-order valence-corrected chi connectivity index (χ3v) is 7.95. The molecule has 9 heteroatoms. The molecule has 4 rings (SSSR count). The molecular formula is C29H36N2O7. The molecular weight excluding hydrogens is 488 g/mol. The summed E-state index contributed by atoms with van der Waals surface area (Å²) >= 11 is 0. The van der Waals surface area contributed by atoms with E-state index in [1.54, 1.807) is 13.8 Å². The van der Waals surface area contributed by atoms with Crippen molar-refractivity contribution in [3.63, 3.8) is 0 Å². The number of phenolic OH excluding ortho intramolecular Hbond substituents is 2. The van der Waals surface area contributed by atoms with Gasteiger partial charge in [-0.2, -0.15) is 0 Å². The summed E-state index contributed by atoms with van der Waals surface area (Å²) in [6.07, 6.45) is 8.52. The van der Waals surface area contributed by atoms with E-state index >= 15 is 0 Å². The number of allylic oxidation sites excluding steroid dienone is 4. The SMILES string of the molecule is CC(=O)c1c(O)c(C)c(O)c2c1OC1=CC(=O)/C(=C(/C)NCCCCCC(=O)NC3CCCC3)C(=O)C12C. The highest BCUT2D eigenvalue weighted by molar-refractivity contribution is 6.31. The van der Waals surface area contributed by atoms with E-state index in [-0.39, 0.29) is 45.4 Å². The van der Waals surface area contributed by atoms with Gasteiger partial charge in [-0.3, -0.25) is 19.2 Å². The monoisotopic (exact) mass is 524 g/mol. The van der Waals surface area contributed by atoms with E-state index in [0.29, 0.717) is 24.7 Å². The number of amides is 1. The molecule has 1 unspecified atom stereocenters. The van der Waals surface area contributed by atoms with E-state index in [9.17, 15) is 29.4 Å². The summed E-state index contributed by atoms with van der Waals surface area (Å²) in [4.78, 5) is 51.1. The molecule has 0 spiro atoms. The lowest BCUT2D eigenvalue weighted by Gasteiger charge is -2.29. The van der Waals surface area contributed by atoms with Crippen LogP contribution in [0.2, 0.25) is 0 Å². The van der Waals surface area contributed by atoms with E-state index in [4.69, 9.17) is 4.74 Å². The number of ketones is 3. The Morgan fingerprint density at radius 3 is 2.42 bits per heavy atom. The van der Waals surface area contributed by atoms with Crippen LogP contribution in [0.5, 0.6) is 17.2 Å². The second kappa shape index (κ2) is 10.6. The van der Waals surface area contributed by atoms with Gasteiger partial charge in [-0.05, 0) is 53.4 Å². The average molecular weight is 525 g/mol.